The van der Waals surface area contributed by atoms with Crippen molar-refractivity contribution in [1.29, 1.82) is 0 Å². The van der Waals surface area contributed by atoms with Crippen molar-refractivity contribution in [3.63, 3.8) is 0 Å². The average Bonchev–Trinajstić information content (AvgIpc) is 2.61. The Kier molecular flexibility index (Phi) is 9.63. The molecule has 28 heavy (non-hydrogen) atoms. The maximum absolute atomic E-state index is 12.4. The molecule has 1 rings (SSSR count). The van der Waals surface area contributed by atoms with E-state index >= 15 is 0 Å². The van der Waals surface area contributed by atoms with Crippen molar-refractivity contribution in [3.8, 4) is 0 Å². The predicted molar refractivity (Wildman–Crippen MR) is 116 cm³/mol. The highest BCUT2D eigenvalue weighted by Crippen LogP contribution is 2.34. The molecule has 0 aromatic heterocycles. The van der Waals surface area contributed by atoms with E-state index in [1.54, 1.807) is 7.11 Å². The fraction of sp³-hybridized carbons (Fsp3) is 0.696. The van der Waals surface area contributed by atoms with Crippen LogP contribution in [0.25, 0.3) is 0 Å². The summed E-state index contributed by atoms with van der Waals surface area (Å²) in [5.41, 5.74) is 2.01. The van der Waals surface area contributed by atoms with Gasteiger partial charge in [0.1, 0.15) is 11.4 Å². The minimum Gasteiger partial charge on any atom is -0.496 e. The van der Waals surface area contributed by atoms with Gasteiger partial charge in [-0.1, -0.05) is 19.9 Å². The van der Waals surface area contributed by atoms with E-state index in [1.807, 2.05) is 39.8 Å². The number of methoxy groups -OCH3 is 1. The molecule has 0 N–H and O–H groups in total. The van der Waals surface area contributed by atoms with Crippen LogP contribution in [0.3, 0.4) is 0 Å². The van der Waals surface area contributed by atoms with Crippen molar-refractivity contribution >= 4 is 6.09 Å². The molecule has 0 bridgehead atoms. The molecular formula is C23H40N2O3. The first-order valence-corrected chi connectivity index (χ1v) is 10.4. The number of carbonyl (C=O) groups is 1. The highest BCUT2D eigenvalue weighted by Gasteiger charge is 2.30. The number of hydrogen-bond acceptors (Lipinski definition) is 4. The van der Waals surface area contributed by atoms with E-state index in [2.05, 4.69) is 37.1 Å². The zero-order valence-corrected chi connectivity index (χ0v) is 19.2. The lowest BCUT2D eigenvalue weighted by Gasteiger charge is -2.35. The molecule has 0 aromatic rings. The second-order valence-corrected chi connectivity index (χ2v) is 8.50. The van der Waals surface area contributed by atoms with Crippen molar-refractivity contribution < 1.29 is 14.3 Å². The molecule has 1 fully saturated rings. The Morgan fingerprint density at radius 3 is 2.11 bits per heavy atom. The standard InChI is InChI=1S/C23H40N2O3/c1-9-11-19(20(17-24(6)7)21(27-8)12-10-2)18-13-15-25(16-14-18)22(26)28-23(3,4)5/h11-12,17-18H,9-10,13-16H2,1-8H3/b19-11+,20-17-,21-12+. The molecule has 0 radical (unpaired) electrons. The summed E-state index contributed by atoms with van der Waals surface area (Å²) >= 11 is 0. The molecule has 160 valence electrons. The number of piperidine rings is 1. The number of carbonyl (C=O) groups excluding carboxylic acids is 1. The number of nitrogens with zero attached hydrogens (tertiary/aromatic N) is 2. The Balaban J connectivity index is 3.02. The number of allylic oxidation sites excluding steroid dienone is 3. The Hall–Kier alpha value is -1.91. The second-order valence-electron chi connectivity index (χ2n) is 8.50. The van der Waals surface area contributed by atoms with Gasteiger partial charge in [-0.25, -0.2) is 4.79 Å². The van der Waals surface area contributed by atoms with Crippen LogP contribution >= 0.6 is 0 Å². The molecule has 1 aliphatic rings. The molecule has 5 nitrogen and oxygen atoms in total. The molecule has 0 aromatic carbocycles. The summed E-state index contributed by atoms with van der Waals surface area (Å²) in [5.74, 6) is 1.32. The molecule has 0 aliphatic carbocycles. The summed E-state index contributed by atoms with van der Waals surface area (Å²) in [6, 6.07) is 0. The van der Waals surface area contributed by atoms with Gasteiger partial charge in [0, 0.05) is 39.0 Å². The van der Waals surface area contributed by atoms with Crippen molar-refractivity contribution in [1.82, 2.24) is 9.80 Å². The van der Waals surface area contributed by atoms with Crippen LogP contribution in [0.15, 0.2) is 35.3 Å². The van der Waals surface area contributed by atoms with E-state index in [4.69, 9.17) is 9.47 Å². The highest BCUT2D eigenvalue weighted by atomic mass is 16.6. The predicted octanol–water partition coefficient (Wildman–Crippen LogP) is 5.36. The second kappa shape index (κ2) is 11.2. The third kappa shape index (κ3) is 7.61. The Labute approximate surface area is 172 Å². The van der Waals surface area contributed by atoms with Gasteiger partial charge >= 0.3 is 6.09 Å². The van der Waals surface area contributed by atoms with Gasteiger partial charge in [0.2, 0.25) is 0 Å². The van der Waals surface area contributed by atoms with E-state index in [-0.39, 0.29) is 6.09 Å². The smallest absolute Gasteiger partial charge is 0.410 e. The van der Waals surface area contributed by atoms with Gasteiger partial charge in [0.25, 0.3) is 0 Å². The minimum atomic E-state index is -0.457. The summed E-state index contributed by atoms with van der Waals surface area (Å²) in [4.78, 5) is 16.3. The number of likely N-dealkylation sites (tertiary alicyclic amines) is 1. The third-order valence-corrected chi connectivity index (χ3v) is 4.58. The molecule has 1 heterocycles. The van der Waals surface area contributed by atoms with Crippen LogP contribution in [0.4, 0.5) is 4.79 Å². The summed E-state index contributed by atoms with van der Waals surface area (Å²) in [7, 11) is 5.81. The van der Waals surface area contributed by atoms with Gasteiger partial charge in [-0.3, -0.25) is 0 Å². The molecule has 0 saturated carbocycles. The molecule has 1 saturated heterocycles. The van der Waals surface area contributed by atoms with E-state index in [0.29, 0.717) is 5.92 Å². The van der Waals surface area contributed by atoms with Crippen LogP contribution in [-0.4, -0.2) is 55.8 Å². The van der Waals surface area contributed by atoms with Gasteiger partial charge in [-0.15, -0.1) is 0 Å². The SMILES string of the molecule is CC\C=C(OC)/C(=C\N(C)C)C(=C/CC)/C1CCN(C(=O)OC(C)(C)C)CC1. The van der Waals surface area contributed by atoms with Crippen molar-refractivity contribution in [3.05, 3.63) is 35.3 Å². The largest absolute Gasteiger partial charge is 0.496 e. The maximum Gasteiger partial charge on any atom is 0.410 e. The third-order valence-electron chi connectivity index (χ3n) is 4.58. The molecule has 5 heteroatoms. The lowest BCUT2D eigenvalue weighted by atomic mass is 9.83. The normalized spacial score (nSPS) is 17.6. The van der Waals surface area contributed by atoms with E-state index in [9.17, 15) is 4.79 Å². The molecule has 0 atom stereocenters. The quantitative estimate of drug-likeness (QED) is 0.432. The van der Waals surface area contributed by atoms with Gasteiger partial charge < -0.3 is 19.3 Å². The first-order valence-electron chi connectivity index (χ1n) is 10.4. The summed E-state index contributed by atoms with van der Waals surface area (Å²) in [6.07, 6.45) is 10.1. The summed E-state index contributed by atoms with van der Waals surface area (Å²) < 4.78 is 11.3. The van der Waals surface area contributed by atoms with Crippen molar-refractivity contribution in [2.24, 2.45) is 5.92 Å². The molecule has 1 amide bonds. The number of ether oxygens (including phenoxy) is 2. The Morgan fingerprint density at radius 1 is 1.11 bits per heavy atom. The summed E-state index contributed by atoms with van der Waals surface area (Å²) in [6.45, 7) is 11.4. The van der Waals surface area contributed by atoms with E-state index in [1.165, 1.54) is 5.57 Å². The van der Waals surface area contributed by atoms with Gasteiger partial charge in [-0.2, -0.15) is 0 Å². The van der Waals surface area contributed by atoms with Crippen molar-refractivity contribution in [2.45, 2.75) is 65.9 Å². The van der Waals surface area contributed by atoms with Crippen LogP contribution in [0.5, 0.6) is 0 Å². The molecule has 0 unspecified atom stereocenters. The first-order chi connectivity index (χ1) is 13.1. The molecular weight excluding hydrogens is 352 g/mol. The monoisotopic (exact) mass is 392 g/mol. The topological polar surface area (TPSA) is 42.0 Å². The number of amides is 1. The number of rotatable bonds is 7. The average molecular weight is 393 g/mol. The van der Waals surface area contributed by atoms with E-state index in [0.717, 1.165) is 50.1 Å². The Morgan fingerprint density at radius 2 is 1.68 bits per heavy atom. The number of hydrogen-bond donors (Lipinski definition) is 0. The zero-order valence-electron chi connectivity index (χ0n) is 19.2. The van der Waals surface area contributed by atoms with E-state index < -0.39 is 5.60 Å². The Bertz CT molecular complexity index is 589. The lowest BCUT2D eigenvalue weighted by molar-refractivity contribution is 0.0194. The first kappa shape index (κ1) is 24.1. The van der Waals surface area contributed by atoms with Crippen LogP contribution in [0.1, 0.15) is 60.3 Å². The summed E-state index contributed by atoms with van der Waals surface area (Å²) in [5, 5.41) is 0. The molecule has 1 aliphatic heterocycles. The fourth-order valence-electron chi connectivity index (χ4n) is 3.44. The van der Waals surface area contributed by atoms with Gasteiger partial charge in [0.15, 0.2) is 0 Å². The lowest BCUT2D eigenvalue weighted by Crippen LogP contribution is -2.42. The fourth-order valence-corrected chi connectivity index (χ4v) is 3.44. The van der Waals surface area contributed by atoms with Crippen LogP contribution in [-0.2, 0) is 9.47 Å². The van der Waals surface area contributed by atoms with Crippen LogP contribution < -0.4 is 0 Å². The minimum absolute atomic E-state index is 0.209. The zero-order chi connectivity index (χ0) is 21.3. The van der Waals surface area contributed by atoms with Crippen LogP contribution in [0, 0.1) is 5.92 Å². The van der Waals surface area contributed by atoms with Crippen molar-refractivity contribution in [2.75, 3.05) is 34.3 Å². The van der Waals surface area contributed by atoms with Crippen LogP contribution in [0.2, 0.25) is 0 Å². The highest BCUT2D eigenvalue weighted by molar-refractivity contribution is 5.68. The molecule has 0 spiro atoms. The van der Waals surface area contributed by atoms with Gasteiger partial charge in [-0.05, 0) is 64.0 Å². The maximum atomic E-state index is 12.4. The van der Waals surface area contributed by atoms with Gasteiger partial charge in [0.05, 0.1) is 7.11 Å².